The minimum Gasteiger partial charge on any atom is -0.0991 e. The molecule has 0 N–H and O–H groups in total. The summed E-state index contributed by atoms with van der Waals surface area (Å²) in [5, 5.41) is 0. The average Bonchev–Trinajstić information content (AvgIpc) is 2.28. The van der Waals surface area contributed by atoms with Gasteiger partial charge in [-0.3, -0.25) is 0 Å². The molecule has 0 aromatic heterocycles. The van der Waals surface area contributed by atoms with Crippen LogP contribution in [0.15, 0.2) is 24.3 Å². The smallest absolute Gasteiger partial charge is 0.0294 e. The summed E-state index contributed by atoms with van der Waals surface area (Å²) in [6, 6.07) is 0. The molecule has 0 heterocycles. The highest BCUT2D eigenvalue weighted by molar-refractivity contribution is 5.07. The van der Waals surface area contributed by atoms with Crippen molar-refractivity contribution in [1.82, 2.24) is 0 Å². The molecule has 0 aromatic carbocycles. The first-order valence-electron chi connectivity index (χ1n) is 7.33. The Balaban J connectivity index is 3.94. The fourth-order valence-electron chi connectivity index (χ4n) is 2.80. The van der Waals surface area contributed by atoms with E-state index < -0.39 is 0 Å². The molecule has 0 rings (SSSR count). The summed E-state index contributed by atoms with van der Waals surface area (Å²) in [6.07, 6.45) is 10.7. The topological polar surface area (TPSA) is 0 Å². The van der Waals surface area contributed by atoms with E-state index in [-0.39, 0.29) is 0 Å². The van der Waals surface area contributed by atoms with Gasteiger partial charge >= 0.3 is 0 Å². The van der Waals surface area contributed by atoms with Crippen LogP contribution in [-0.4, -0.2) is 0 Å². The lowest BCUT2D eigenvalue weighted by atomic mass is 9.83. The molecule has 0 saturated carbocycles. The van der Waals surface area contributed by atoms with Gasteiger partial charge in [-0.2, -0.15) is 0 Å². The summed E-state index contributed by atoms with van der Waals surface area (Å²) in [7, 11) is 0. The van der Waals surface area contributed by atoms with Gasteiger partial charge in [0.25, 0.3) is 0 Å². The normalized spacial score (nSPS) is 16.0. The van der Waals surface area contributed by atoms with Crippen molar-refractivity contribution in [2.24, 2.45) is 17.8 Å². The zero-order chi connectivity index (χ0) is 13.3. The minimum absolute atomic E-state index is 0.808. The maximum Gasteiger partial charge on any atom is -0.0294 e. The molecule has 0 nitrogen and oxygen atoms in total. The fraction of sp³-hybridized carbons (Fsp3) is 0.765. The van der Waals surface area contributed by atoms with Gasteiger partial charge < -0.3 is 0 Å². The fourth-order valence-corrected chi connectivity index (χ4v) is 2.80. The van der Waals surface area contributed by atoms with Gasteiger partial charge in [-0.1, -0.05) is 77.7 Å². The molecular formula is C17H32. The first-order chi connectivity index (χ1) is 8.04. The molecule has 0 amide bonds. The van der Waals surface area contributed by atoms with Crippen molar-refractivity contribution in [2.45, 2.75) is 66.7 Å². The Labute approximate surface area is 109 Å². The molecule has 0 spiro atoms. The number of hydrogen-bond acceptors (Lipinski definition) is 0. The molecule has 0 saturated heterocycles. The van der Waals surface area contributed by atoms with Gasteiger partial charge in [0, 0.05) is 0 Å². The Bertz CT molecular complexity index is 220. The van der Waals surface area contributed by atoms with Gasteiger partial charge in [0.15, 0.2) is 0 Å². The van der Waals surface area contributed by atoms with E-state index in [1.54, 1.807) is 0 Å². The van der Waals surface area contributed by atoms with Crippen molar-refractivity contribution in [3.05, 3.63) is 24.3 Å². The predicted octanol–water partition coefficient (Wildman–Crippen LogP) is 6.00. The van der Waals surface area contributed by atoms with Crippen molar-refractivity contribution in [1.29, 1.82) is 0 Å². The predicted molar refractivity (Wildman–Crippen MR) is 80.2 cm³/mol. The van der Waals surface area contributed by atoms with E-state index in [1.807, 2.05) is 6.08 Å². The first kappa shape index (κ1) is 16.5. The summed E-state index contributed by atoms with van der Waals surface area (Å²) < 4.78 is 0. The molecule has 0 radical (unpaired) electrons. The third kappa shape index (κ3) is 7.41. The summed E-state index contributed by atoms with van der Waals surface area (Å²) in [6.45, 7) is 15.4. The van der Waals surface area contributed by atoms with Crippen LogP contribution < -0.4 is 0 Å². The third-order valence-electron chi connectivity index (χ3n) is 4.04. The van der Waals surface area contributed by atoms with Crippen LogP contribution in [0.2, 0.25) is 0 Å². The van der Waals surface area contributed by atoms with Crippen LogP contribution in [0.5, 0.6) is 0 Å². The highest BCUT2D eigenvalue weighted by Crippen LogP contribution is 2.26. The van der Waals surface area contributed by atoms with Crippen LogP contribution in [0.3, 0.4) is 0 Å². The Hall–Kier alpha value is -0.520. The lowest BCUT2D eigenvalue weighted by Crippen LogP contribution is -2.11. The molecule has 0 aromatic rings. The SMILES string of the molecule is C=CC=C(C)CC(C)CCC(C)C(CC)CC. The monoisotopic (exact) mass is 236 g/mol. The van der Waals surface area contributed by atoms with Crippen LogP contribution in [-0.2, 0) is 0 Å². The van der Waals surface area contributed by atoms with Crippen molar-refractivity contribution in [2.75, 3.05) is 0 Å². The van der Waals surface area contributed by atoms with Crippen molar-refractivity contribution in [3.8, 4) is 0 Å². The Morgan fingerprint density at radius 2 is 1.71 bits per heavy atom. The van der Waals surface area contributed by atoms with Gasteiger partial charge in [-0.05, 0) is 31.1 Å². The molecule has 100 valence electrons. The van der Waals surface area contributed by atoms with E-state index >= 15 is 0 Å². The van der Waals surface area contributed by atoms with Crippen molar-refractivity contribution < 1.29 is 0 Å². The molecular weight excluding hydrogens is 204 g/mol. The number of hydrogen-bond donors (Lipinski definition) is 0. The van der Waals surface area contributed by atoms with Crippen LogP contribution in [0.1, 0.15) is 66.7 Å². The van der Waals surface area contributed by atoms with E-state index in [1.165, 1.54) is 37.7 Å². The quantitative estimate of drug-likeness (QED) is 0.431. The second kappa shape index (κ2) is 9.50. The van der Waals surface area contributed by atoms with Crippen LogP contribution in [0, 0.1) is 17.8 Å². The van der Waals surface area contributed by atoms with Crippen LogP contribution in [0.25, 0.3) is 0 Å². The van der Waals surface area contributed by atoms with E-state index in [0.29, 0.717) is 0 Å². The summed E-state index contributed by atoms with van der Waals surface area (Å²) in [5.74, 6) is 2.62. The summed E-state index contributed by atoms with van der Waals surface area (Å²) in [4.78, 5) is 0. The minimum atomic E-state index is 0.808. The molecule has 0 aliphatic heterocycles. The number of rotatable bonds is 9. The maximum absolute atomic E-state index is 3.75. The van der Waals surface area contributed by atoms with Crippen molar-refractivity contribution in [3.63, 3.8) is 0 Å². The highest BCUT2D eigenvalue weighted by Gasteiger charge is 2.14. The summed E-state index contributed by atoms with van der Waals surface area (Å²) in [5.41, 5.74) is 1.46. The zero-order valence-corrected chi connectivity index (χ0v) is 12.6. The second-order valence-electron chi connectivity index (χ2n) is 5.69. The lowest BCUT2D eigenvalue weighted by Gasteiger charge is -2.22. The van der Waals surface area contributed by atoms with E-state index in [2.05, 4.69) is 47.3 Å². The molecule has 0 fully saturated rings. The second-order valence-corrected chi connectivity index (χ2v) is 5.69. The van der Waals surface area contributed by atoms with Gasteiger partial charge in [-0.15, -0.1) is 0 Å². The molecule has 0 heteroatoms. The Kier molecular flexibility index (Phi) is 9.21. The average molecular weight is 236 g/mol. The van der Waals surface area contributed by atoms with Gasteiger partial charge in [0.1, 0.15) is 0 Å². The highest BCUT2D eigenvalue weighted by atomic mass is 14.2. The molecule has 0 bridgehead atoms. The largest absolute Gasteiger partial charge is 0.0991 e. The summed E-state index contributed by atoms with van der Waals surface area (Å²) >= 11 is 0. The molecule has 0 aliphatic rings. The molecule has 2 unspecified atom stereocenters. The van der Waals surface area contributed by atoms with E-state index in [9.17, 15) is 0 Å². The molecule has 0 aliphatic carbocycles. The van der Waals surface area contributed by atoms with E-state index in [0.717, 1.165) is 17.8 Å². The van der Waals surface area contributed by atoms with E-state index in [4.69, 9.17) is 0 Å². The lowest BCUT2D eigenvalue weighted by molar-refractivity contribution is 0.295. The maximum atomic E-state index is 3.75. The standard InChI is InChI=1S/C17H32/c1-7-10-14(4)13-15(5)11-12-16(6)17(8-2)9-3/h7,10,15-17H,1,8-9,11-13H2,2-6H3. The first-order valence-corrected chi connectivity index (χ1v) is 7.33. The Morgan fingerprint density at radius 1 is 1.12 bits per heavy atom. The van der Waals surface area contributed by atoms with Crippen molar-refractivity contribution >= 4 is 0 Å². The Morgan fingerprint density at radius 3 is 2.18 bits per heavy atom. The van der Waals surface area contributed by atoms with Gasteiger partial charge in [0.2, 0.25) is 0 Å². The molecule has 17 heavy (non-hydrogen) atoms. The number of allylic oxidation sites excluding steroid dienone is 3. The van der Waals surface area contributed by atoms with Gasteiger partial charge in [-0.25, -0.2) is 0 Å². The van der Waals surface area contributed by atoms with Crippen LogP contribution >= 0.6 is 0 Å². The molecule has 2 atom stereocenters. The van der Waals surface area contributed by atoms with Crippen LogP contribution in [0.4, 0.5) is 0 Å². The third-order valence-corrected chi connectivity index (χ3v) is 4.04. The van der Waals surface area contributed by atoms with Gasteiger partial charge in [0.05, 0.1) is 0 Å². The zero-order valence-electron chi connectivity index (χ0n) is 12.6.